The number of carbonyl (C=O) groups is 1. The Labute approximate surface area is 156 Å². The van der Waals surface area contributed by atoms with Gasteiger partial charge >= 0.3 is 0 Å². The van der Waals surface area contributed by atoms with Crippen molar-refractivity contribution < 1.29 is 9.53 Å². The molecule has 0 radical (unpaired) electrons. The summed E-state index contributed by atoms with van der Waals surface area (Å²) in [4.78, 5) is 16.9. The zero-order valence-corrected chi connectivity index (χ0v) is 15.4. The van der Waals surface area contributed by atoms with Gasteiger partial charge in [-0.1, -0.05) is 48.2 Å². The lowest BCUT2D eigenvalue weighted by atomic mass is 10.0. The molecule has 6 nitrogen and oxygen atoms in total. The van der Waals surface area contributed by atoms with Crippen LogP contribution in [0.25, 0.3) is 0 Å². The minimum absolute atomic E-state index is 0.114. The summed E-state index contributed by atoms with van der Waals surface area (Å²) in [5, 5.41) is 10.4. The van der Waals surface area contributed by atoms with Gasteiger partial charge in [-0.3, -0.25) is 9.89 Å². The summed E-state index contributed by atoms with van der Waals surface area (Å²) in [7, 11) is 1.63. The third-order valence-corrected chi connectivity index (χ3v) is 4.90. The van der Waals surface area contributed by atoms with Crippen molar-refractivity contribution in [3.63, 3.8) is 0 Å². The van der Waals surface area contributed by atoms with Gasteiger partial charge in [-0.05, 0) is 24.6 Å². The summed E-state index contributed by atoms with van der Waals surface area (Å²) in [6.45, 7) is 1.95. The normalized spacial score (nSPS) is 11.8. The van der Waals surface area contributed by atoms with Crippen LogP contribution in [-0.2, 0) is 5.75 Å². The van der Waals surface area contributed by atoms with Crippen molar-refractivity contribution in [2.45, 2.75) is 23.9 Å². The number of thioether (sulfide) groups is 1. The van der Waals surface area contributed by atoms with Crippen molar-refractivity contribution in [3.8, 4) is 5.75 Å². The van der Waals surface area contributed by atoms with E-state index in [2.05, 4.69) is 20.5 Å². The van der Waals surface area contributed by atoms with E-state index >= 15 is 0 Å². The Balaban J connectivity index is 1.73. The second-order valence-electron chi connectivity index (χ2n) is 5.67. The fourth-order valence-corrected chi connectivity index (χ4v) is 3.44. The van der Waals surface area contributed by atoms with E-state index in [0.717, 1.165) is 22.0 Å². The quantitative estimate of drug-likeness (QED) is 0.623. The van der Waals surface area contributed by atoms with Crippen molar-refractivity contribution in [2.24, 2.45) is 0 Å². The number of hydrogen-bond donors (Lipinski definition) is 2. The van der Waals surface area contributed by atoms with E-state index in [1.165, 1.54) is 18.1 Å². The van der Waals surface area contributed by atoms with Gasteiger partial charge in [0.15, 0.2) is 5.16 Å². The molecule has 7 heteroatoms. The summed E-state index contributed by atoms with van der Waals surface area (Å²) in [5.74, 6) is 1.27. The van der Waals surface area contributed by atoms with Crippen molar-refractivity contribution >= 4 is 17.7 Å². The van der Waals surface area contributed by atoms with Gasteiger partial charge in [-0.15, -0.1) is 0 Å². The van der Waals surface area contributed by atoms with Gasteiger partial charge in [-0.25, -0.2) is 4.98 Å². The standard InChI is InChI=1S/C19H20N4O2S/c1-13(15-8-5-6-10-17(15)25-2)22-18(24)16-9-4-3-7-14(16)11-26-19-20-12-21-23-19/h3-10,12-13H,11H2,1-2H3,(H,22,24)(H,20,21,23)/t13-/m0/s1. The number of H-pyrrole nitrogens is 1. The number of nitrogens with zero attached hydrogens (tertiary/aromatic N) is 2. The maximum Gasteiger partial charge on any atom is 0.252 e. The van der Waals surface area contributed by atoms with Crippen molar-refractivity contribution in [3.05, 3.63) is 71.5 Å². The third-order valence-electron chi connectivity index (χ3n) is 3.97. The highest BCUT2D eigenvalue weighted by Gasteiger charge is 2.17. The van der Waals surface area contributed by atoms with Crippen LogP contribution in [0.3, 0.4) is 0 Å². The van der Waals surface area contributed by atoms with Gasteiger partial charge in [0, 0.05) is 16.9 Å². The molecule has 0 saturated carbocycles. The highest BCUT2D eigenvalue weighted by atomic mass is 32.2. The molecule has 26 heavy (non-hydrogen) atoms. The number of nitrogens with one attached hydrogen (secondary N) is 2. The molecule has 1 aromatic heterocycles. The molecular formula is C19H20N4O2S. The van der Waals surface area contributed by atoms with Crippen LogP contribution in [-0.4, -0.2) is 28.2 Å². The number of amides is 1. The molecule has 3 rings (SSSR count). The van der Waals surface area contributed by atoms with Crippen LogP contribution in [0.15, 0.2) is 60.0 Å². The minimum atomic E-state index is -0.173. The molecule has 0 bridgehead atoms. The van der Waals surface area contributed by atoms with E-state index in [4.69, 9.17) is 4.74 Å². The smallest absolute Gasteiger partial charge is 0.252 e. The largest absolute Gasteiger partial charge is 0.496 e. The number of rotatable bonds is 7. The van der Waals surface area contributed by atoms with Crippen LogP contribution in [0, 0.1) is 0 Å². The number of methoxy groups -OCH3 is 1. The van der Waals surface area contributed by atoms with Crippen molar-refractivity contribution in [1.82, 2.24) is 20.5 Å². The third kappa shape index (κ3) is 4.23. The zero-order valence-electron chi connectivity index (χ0n) is 14.6. The Morgan fingerprint density at radius 2 is 2.00 bits per heavy atom. The van der Waals surface area contributed by atoms with Crippen molar-refractivity contribution in [1.29, 1.82) is 0 Å². The molecule has 0 aliphatic heterocycles. The molecule has 0 spiro atoms. The van der Waals surface area contributed by atoms with E-state index in [9.17, 15) is 4.79 Å². The molecule has 1 atom stereocenters. The number of carbonyl (C=O) groups excluding carboxylic acids is 1. The summed E-state index contributed by atoms with van der Waals surface area (Å²) in [5.41, 5.74) is 2.54. The second-order valence-corrected chi connectivity index (χ2v) is 6.64. The van der Waals surface area contributed by atoms with Gasteiger partial charge in [0.25, 0.3) is 5.91 Å². The fraction of sp³-hybridized carbons (Fsp3) is 0.211. The highest BCUT2D eigenvalue weighted by molar-refractivity contribution is 7.98. The highest BCUT2D eigenvalue weighted by Crippen LogP contribution is 2.25. The molecular weight excluding hydrogens is 348 g/mol. The summed E-state index contributed by atoms with van der Waals surface area (Å²) < 4.78 is 5.39. The van der Waals surface area contributed by atoms with E-state index in [-0.39, 0.29) is 11.9 Å². The molecule has 1 amide bonds. The topological polar surface area (TPSA) is 79.9 Å². The van der Waals surface area contributed by atoms with Crippen molar-refractivity contribution in [2.75, 3.05) is 7.11 Å². The number of para-hydroxylation sites is 1. The van der Waals surface area contributed by atoms with Crippen LogP contribution >= 0.6 is 11.8 Å². The van der Waals surface area contributed by atoms with Crippen LogP contribution in [0.2, 0.25) is 0 Å². The number of hydrogen-bond acceptors (Lipinski definition) is 5. The number of ether oxygens (including phenoxy) is 1. The molecule has 0 aliphatic carbocycles. The first kappa shape index (κ1) is 18.0. The van der Waals surface area contributed by atoms with E-state index in [0.29, 0.717) is 11.3 Å². The van der Waals surface area contributed by atoms with Crippen LogP contribution in [0.5, 0.6) is 5.75 Å². The molecule has 0 aliphatic rings. The first-order valence-corrected chi connectivity index (χ1v) is 9.17. The molecule has 0 fully saturated rings. The molecule has 2 aromatic carbocycles. The Hall–Kier alpha value is -2.80. The molecule has 0 unspecified atom stereocenters. The van der Waals surface area contributed by atoms with Gasteiger partial charge in [-0.2, -0.15) is 5.10 Å². The maximum absolute atomic E-state index is 12.8. The lowest BCUT2D eigenvalue weighted by molar-refractivity contribution is 0.0939. The minimum Gasteiger partial charge on any atom is -0.496 e. The van der Waals surface area contributed by atoms with Crippen LogP contribution in [0.4, 0.5) is 0 Å². The first-order valence-electron chi connectivity index (χ1n) is 8.19. The summed E-state index contributed by atoms with van der Waals surface area (Å²) >= 11 is 1.50. The average molecular weight is 368 g/mol. The maximum atomic E-state index is 12.8. The second kappa shape index (κ2) is 8.53. The number of benzene rings is 2. The number of aromatic amines is 1. The Morgan fingerprint density at radius 1 is 1.23 bits per heavy atom. The van der Waals surface area contributed by atoms with E-state index in [1.54, 1.807) is 7.11 Å². The zero-order chi connectivity index (χ0) is 18.4. The molecule has 134 valence electrons. The Kier molecular flexibility index (Phi) is 5.91. The lowest BCUT2D eigenvalue weighted by Crippen LogP contribution is -2.27. The number of aromatic nitrogens is 3. The first-order chi connectivity index (χ1) is 12.7. The summed E-state index contributed by atoms with van der Waals surface area (Å²) in [6, 6.07) is 15.1. The van der Waals surface area contributed by atoms with Gasteiger partial charge < -0.3 is 10.1 Å². The Bertz CT molecular complexity index is 867. The molecule has 2 N–H and O–H groups in total. The predicted octanol–water partition coefficient (Wildman–Crippen LogP) is 3.60. The molecule has 0 saturated heterocycles. The van der Waals surface area contributed by atoms with E-state index in [1.807, 2.05) is 55.5 Å². The predicted molar refractivity (Wildman–Crippen MR) is 101 cm³/mol. The fourth-order valence-electron chi connectivity index (χ4n) is 2.65. The SMILES string of the molecule is COc1ccccc1[C@H](C)NC(=O)c1ccccc1CSc1ncn[nH]1. The lowest BCUT2D eigenvalue weighted by Gasteiger charge is -2.18. The average Bonchev–Trinajstić information content (AvgIpc) is 3.20. The monoisotopic (exact) mass is 368 g/mol. The van der Waals surface area contributed by atoms with Gasteiger partial charge in [0.1, 0.15) is 12.1 Å². The van der Waals surface area contributed by atoms with Gasteiger partial charge in [0.2, 0.25) is 0 Å². The van der Waals surface area contributed by atoms with Crippen LogP contribution in [0.1, 0.15) is 34.5 Å². The summed E-state index contributed by atoms with van der Waals surface area (Å²) in [6.07, 6.45) is 1.47. The Morgan fingerprint density at radius 3 is 2.77 bits per heavy atom. The molecule has 3 aromatic rings. The van der Waals surface area contributed by atoms with E-state index < -0.39 is 0 Å². The van der Waals surface area contributed by atoms with Gasteiger partial charge in [0.05, 0.1) is 13.2 Å². The van der Waals surface area contributed by atoms with Crippen LogP contribution < -0.4 is 10.1 Å². The molecule has 1 heterocycles.